The number of nitrogens with one attached hydrogen (secondary N) is 2. The fourth-order valence-corrected chi connectivity index (χ4v) is 4.04. The van der Waals surface area contributed by atoms with Crippen LogP contribution in [0.3, 0.4) is 0 Å². The molecule has 0 atom stereocenters. The van der Waals surface area contributed by atoms with E-state index in [4.69, 9.17) is 9.72 Å². The Bertz CT molecular complexity index is 1600. The Balaban J connectivity index is 1.64. The van der Waals surface area contributed by atoms with Crippen LogP contribution in [-0.4, -0.2) is 53.8 Å². The smallest absolute Gasteiger partial charge is 0.171 e. The summed E-state index contributed by atoms with van der Waals surface area (Å²) in [5.74, 6) is 1.79. The van der Waals surface area contributed by atoms with Crippen LogP contribution < -0.4 is 10.1 Å². The summed E-state index contributed by atoms with van der Waals surface area (Å²) >= 11 is 0. The van der Waals surface area contributed by atoms with Gasteiger partial charge < -0.3 is 15.2 Å². The zero-order chi connectivity index (χ0) is 25.2. The number of imidazole rings is 1. The Labute approximate surface area is 206 Å². The molecule has 0 aliphatic rings. The van der Waals surface area contributed by atoms with Gasteiger partial charge in [-0.2, -0.15) is 15.5 Å². The van der Waals surface area contributed by atoms with Crippen molar-refractivity contribution in [2.75, 3.05) is 19.0 Å². The van der Waals surface area contributed by atoms with E-state index in [9.17, 15) is 10.4 Å². The van der Waals surface area contributed by atoms with Gasteiger partial charge in [-0.05, 0) is 50.1 Å². The summed E-state index contributed by atoms with van der Waals surface area (Å²) in [6.45, 7) is 3.67. The Morgan fingerprint density at radius 3 is 2.75 bits per heavy atom. The average Bonchev–Trinajstić information content (AvgIpc) is 3.48. The van der Waals surface area contributed by atoms with Gasteiger partial charge in [0.15, 0.2) is 11.5 Å². The Hall–Kier alpha value is -4.82. The monoisotopic (exact) mass is 481 g/mol. The van der Waals surface area contributed by atoms with Crippen molar-refractivity contribution < 1.29 is 9.84 Å². The highest BCUT2D eigenvalue weighted by Gasteiger charge is 2.19. The first-order chi connectivity index (χ1) is 17.5. The van der Waals surface area contributed by atoms with E-state index >= 15 is 0 Å². The molecule has 5 rings (SSSR count). The summed E-state index contributed by atoms with van der Waals surface area (Å²) in [6, 6.07) is 13.3. The average molecular weight is 482 g/mol. The first kappa shape index (κ1) is 22.9. The van der Waals surface area contributed by atoms with Crippen molar-refractivity contribution in [1.82, 2.24) is 34.9 Å². The van der Waals surface area contributed by atoms with Crippen molar-refractivity contribution in [3.63, 3.8) is 0 Å². The molecule has 0 amide bonds. The highest BCUT2D eigenvalue weighted by Crippen LogP contribution is 2.34. The van der Waals surface area contributed by atoms with E-state index in [2.05, 4.69) is 36.8 Å². The van der Waals surface area contributed by atoms with E-state index in [1.165, 1.54) is 0 Å². The van der Waals surface area contributed by atoms with E-state index in [0.717, 1.165) is 22.5 Å². The van der Waals surface area contributed by atoms with Gasteiger partial charge in [-0.25, -0.2) is 9.97 Å². The van der Waals surface area contributed by atoms with E-state index in [1.54, 1.807) is 13.4 Å². The molecule has 4 heterocycles. The molecule has 0 bridgehead atoms. The Kier molecular flexibility index (Phi) is 6.02. The SMILES string of the molecule is COc1cc2ncn(-c3ccc(CCO)c(-c4c(C#N)n[nH]c4C)n3)c2cc1Nc1ccc(C)nn1. The van der Waals surface area contributed by atoms with Crippen LogP contribution >= 0.6 is 0 Å². The topological polar surface area (TPSA) is 150 Å². The standard InChI is InChI=1S/C25H23N9O2/c1-14-4-6-22(33-30-14)28-18-10-20-17(11-21(18)36-3)27-13-34(20)23-7-5-16(8-9-35)25(29-23)24-15(2)31-32-19(24)12-26/h4-7,10-11,13,35H,8-9H2,1-3H3,(H,28,33)(H,31,32). The number of hydrogen-bond donors (Lipinski definition) is 3. The summed E-state index contributed by atoms with van der Waals surface area (Å²) in [6.07, 6.45) is 2.08. The predicted molar refractivity (Wildman–Crippen MR) is 133 cm³/mol. The molecular formula is C25H23N9O2. The Morgan fingerprint density at radius 1 is 1.17 bits per heavy atom. The van der Waals surface area contributed by atoms with E-state index in [0.29, 0.717) is 46.3 Å². The maximum atomic E-state index is 9.59. The van der Waals surface area contributed by atoms with Crippen LogP contribution in [0.2, 0.25) is 0 Å². The zero-order valence-electron chi connectivity index (χ0n) is 19.9. The molecule has 180 valence electrons. The summed E-state index contributed by atoms with van der Waals surface area (Å²) in [7, 11) is 1.60. The molecule has 3 N–H and O–H groups in total. The molecule has 0 saturated carbocycles. The van der Waals surface area contributed by atoms with Crippen LogP contribution in [0, 0.1) is 25.2 Å². The molecule has 11 heteroatoms. The molecule has 0 unspecified atom stereocenters. The predicted octanol–water partition coefficient (Wildman–Crippen LogP) is 3.38. The maximum absolute atomic E-state index is 9.59. The number of nitrogens with zero attached hydrogens (tertiary/aromatic N) is 7. The molecule has 0 saturated heterocycles. The molecule has 0 radical (unpaired) electrons. The third kappa shape index (κ3) is 4.10. The highest BCUT2D eigenvalue weighted by molar-refractivity contribution is 5.86. The molecule has 0 aliphatic carbocycles. The van der Waals surface area contributed by atoms with Crippen molar-refractivity contribution in [1.29, 1.82) is 5.26 Å². The molecule has 0 fully saturated rings. The van der Waals surface area contributed by atoms with Gasteiger partial charge in [0.2, 0.25) is 0 Å². The third-order valence-corrected chi connectivity index (χ3v) is 5.81. The molecule has 4 aromatic heterocycles. The number of aliphatic hydroxyl groups is 1. The lowest BCUT2D eigenvalue weighted by Crippen LogP contribution is -2.04. The van der Waals surface area contributed by atoms with Crippen LogP contribution in [-0.2, 0) is 6.42 Å². The second-order valence-corrected chi connectivity index (χ2v) is 8.18. The number of aliphatic hydroxyl groups excluding tert-OH is 1. The minimum absolute atomic E-state index is 0.0441. The summed E-state index contributed by atoms with van der Waals surface area (Å²) < 4.78 is 7.43. The molecule has 11 nitrogen and oxygen atoms in total. The van der Waals surface area contributed by atoms with Crippen molar-refractivity contribution in [3.05, 3.63) is 65.4 Å². The zero-order valence-corrected chi connectivity index (χ0v) is 19.9. The first-order valence-corrected chi connectivity index (χ1v) is 11.2. The highest BCUT2D eigenvalue weighted by atomic mass is 16.5. The van der Waals surface area contributed by atoms with E-state index < -0.39 is 0 Å². The lowest BCUT2D eigenvalue weighted by atomic mass is 10.0. The molecule has 36 heavy (non-hydrogen) atoms. The van der Waals surface area contributed by atoms with E-state index in [-0.39, 0.29) is 12.3 Å². The van der Waals surface area contributed by atoms with Gasteiger partial charge in [-0.1, -0.05) is 6.07 Å². The van der Waals surface area contributed by atoms with Crippen molar-refractivity contribution in [3.8, 4) is 28.9 Å². The number of fused-ring (bicyclic) bond motifs is 1. The van der Waals surface area contributed by atoms with Gasteiger partial charge in [0.05, 0.1) is 40.8 Å². The van der Waals surface area contributed by atoms with Crippen molar-refractivity contribution >= 4 is 22.5 Å². The normalized spacial score (nSPS) is 11.0. The van der Waals surface area contributed by atoms with Gasteiger partial charge in [-0.15, -0.1) is 5.10 Å². The summed E-state index contributed by atoms with van der Waals surface area (Å²) in [5, 5.41) is 37.6. The summed E-state index contributed by atoms with van der Waals surface area (Å²) in [5.41, 5.74) is 6.02. The van der Waals surface area contributed by atoms with Crippen LogP contribution in [0.4, 0.5) is 11.5 Å². The van der Waals surface area contributed by atoms with Crippen molar-refractivity contribution in [2.24, 2.45) is 0 Å². The minimum Gasteiger partial charge on any atom is -0.494 e. The second-order valence-electron chi connectivity index (χ2n) is 8.18. The largest absolute Gasteiger partial charge is 0.494 e. The Morgan fingerprint density at radius 2 is 2.03 bits per heavy atom. The van der Waals surface area contributed by atoms with Crippen LogP contribution in [0.1, 0.15) is 22.6 Å². The fourth-order valence-electron chi connectivity index (χ4n) is 4.04. The van der Waals surface area contributed by atoms with Crippen molar-refractivity contribution in [2.45, 2.75) is 20.3 Å². The van der Waals surface area contributed by atoms with Gasteiger partial charge in [0.25, 0.3) is 0 Å². The molecule has 0 aliphatic heterocycles. The number of H-pyrrole nitrogens is 1. The number of hydrogen-bond acceptors (Lipinski definition) is 9. The second kappa shape index (κ2) is 9.44. The number of ether oxygens (including phenoxy) is 1. The number of anilines is 2. The maximum Gasteiger partial charge on any atom is 0.171 e. The minimum atomic E-state index is -0.0441. The number of aryl methyl sites for hydroxylation is 2. The van der Waals surface area contributed by atoms with Crippen LogP contribution in [0.5, 0.6) is 5.75 Å². The number of benzene rings is 1. The molecule has 5 aromatic rings. The summed E-state index contributed by atoms with van der Waals surface area (Å²) in [4.78, 5) is 9.43. The molecule has 0 spiro atoms. The molecular weight excluding hydrogens is 458 g/mol. The number of rotatable bonds is 7. The molecule has 1 aromatic carbocycles. The number of aromatic nitrogens is 7. The number of pyridine rings is 1. The van der Waals surface area contributed by atoms with Crippen LogP contribution in [0.25, 0.3) is 28.1 Å². The van der Waals surface area contributed by atoms with Gasteiger partial charge >= 0.3 is 0 Å². The first-order valence-electron chi connectivity index (χ1n) is 11.2. The van der Waals surface area contributed by atoms with E-state index in [1.807, 2.05) is 54.8 Å². The third-order valence-electron chi connectivity index (χ3n) is 5.81. The fraction of sp³-hybridized carbons (Fsp3) is 0.200. The van der Waals surface area contributed by atoms with Gasteiger partial charge in [0.1, 0.15) is 24.0 Å². The van der Waals surface area contributed by atoms with Gasteiger partial charge in [-0.3, -0.25) is 9.67 Å². The van der Waals surface area contributed by atoms with Crippen LogP contribution in [0.15, 0.2) is 42.7 Å². The number of methoxy groups -OCH3 is 1. The lowest BCUT2D eigenvalue weighted by molar-refractivity contribution is 0.299. The quantitative estimate of drug-likeness (QED) is 0.318. The lowest BCUT2D eigenvalue weighted by Gasteiger charge is -2.13. The number of nitriles is 1. The number of aromatic amines is 1. The van der Waals surface area contributed by atoms with Gasteiger partial charge in [0, 0.05) is 18.4 Å².